The maximum absolute atomic E-state index is 6.39. The minimum absolute atomic E-state index is 0.893. The first-order chi connectivity index (χ1) is 25.6. The highest BCUT2D eigenvalue weighted by Crippen LogP contribution is 2.48. The van der Waals surface area contributed by atoms with Gasteiger partial charge in [-0.3, -0.25) is 0 Å². The zero-order valence-electron chi connectivity index (χ0n) is 29.5. The van der Waals surface area contributed by atoms with Gasteiger partial charge in [-0.15, -0.1) is 0 Å². The van der Waals surface area contributed by atoms with Crippen LogP contribution in [0.25, 0.3) is 82.4 Å². The number of furan rings is 1. The van der Waals surface area contributed by atoms with E-state index in [9.17, 15) is 0 Å². The summed E-state index contributed by atoms with van der Waals surface area (Å²) in [6, 6.07) is 46.5. The van der Waals surface area contributed by atoms with Gasteiger partial charge in [0.1, 0.15) is 11.2 Å². The molecule has 1 heterocycles. The van der Waals surface area contributed by atoms with Gasteiger partial charge in [0.15, 0.2) is 0 Å². The van der Waals surface area contributed by atoms with E-state index in [2.05, 4.69) is 160 Å². The van der Waals surface area contributed by atoms with Crippen molar-refractivity contribution in [2.24, 2.45) is 0 Å². The molecular formula is C51H38O. The van der Waals surface area contributed by atoms with Crippen LogP contribution in [0.4, 0.5) is 0 Å². The zero-order chi connectivity index (χ0) is 35.3. The average molecular weight is 667 g/mol. The van der Waals surface area contributed by atoms with Crippen molar-refractivity contribution in [2.45, 2.75) is 20.3 Å². The number of hydrogen-bond donors (Lipinski definition) is 0. The number of rotatable bonds is 7. The highest BCUT2D eigenvalue weighted by molar-refractivity contribution is 6.21. The SMILES string of the molecule is C=C/C=C\C(=C(C)C)/C(=C\C=C)c1c2cccc(-c3cccc4c3-c3ccccc3C4)c2cc2c(-c3cccc4oc5ccccc5c34)cccc12. The summed E-state index contributed by atoms with van der Waals surface area (Å²) >= 11 is 0. The van der Waals surface area contributed by atoms with Crippen molar-refractivity contribution in [3.63, 3.8) is 0 Å². The molecule has 0 radical (unpaired) electrons. The van der Waals surface area contributed by atoms with Crippen LogP contribution in [0, 0.1) is 0 Å². The summed E-state index contributed by atoms with van der Waals surface area (Å²) in [5, 5.41) is 7.07. The molecule has 1 heteroatoms. The van der Waals surface area contributed by atoms with E-state index in [1.807, 2.05) is 24.3 Å². The molecule has 0 aliphatic heterocycles. The fourth-order valence-electron chi connectivity index (χ4n) is 8.45. The Morgan fingerprint density at radius 2 is 1.15 bits per heavy atom. The van der Waals surface area contributed by atoms with E-state index in [0.29, 0.717) is 0 Å². The third kappa shape index (κ3) is 4.93. The first-order valence-corrected chi connectivity index (χ1v) is 18.0. The van der Waals surface area contributed by atoms with E-state index in [0.717, 1.165) is 45.1 Å². The predicted octanol–water partition coefficient (Wildman–Crippen LogP) is 14.4. The monoisotopic (exact) mass is 666 g/mol. The van der Waals surface area contributed by atoms with Gasteiger partial charge in [-0.25, -0.2) is 0 Å². The molecule has 52 heavy (non-hydrogen) atoms. The summed E-state index contributed by atoms with van der Waals surface area (Å²) in [6.07, 6.45) is 11.1. The number of fused-ring (bicyclic) bond motifs is 8. The second-order valence-electron chi connectivity index (χ2n) is 13.8. The van der Waals surface area contributed by atoms with Gasteiger partial charge in [-0.1, -0.05) is 158 Å². The van der Waals surface area contributed by atoms with E-state index in [4.69, 9.17) is 4.42 Å². The van der Waals surface area contributed by atoms with E-state index < -0.39 is 0 Å². The van der Waals surface area contributed by atoms with E-state index in [-0.39, 0.29) is 0 Å². The maximum atomic E-state index is 6.39. The minimum Gasteiger partial charge on any atom is -0.456 e. The van der Waals surface area contributed by atoms with Gasteiger partial charge < -0.3 is 4.42 Å². The van der Waals surface area contributed by atoms with Crippen LogP contribution in [0.5, 0.6) is 0 Å². The lowest BCUT2D eigenvalue weighted by atomic mass is 9.82. The molecular weight excluding hydrogens is 629 g/mol. The van der Waals surface area contributed by atoms with Gasteiger partial charge in [0.25, 0.3) is 0 Å². The molecule has 0 unspecified atom stereocenters. The predicted molar refractivity (Wildman–Crippen MR) is 224 cm³/mol. The molecule has 0 atom stereocenters. The summed E-state index contributed by atoms with van der Waals surface area (Å²) in [4.78, 5) is 0. The van der Waals surface area contributed by atoms with Gasteiger partial charge in [0.2, 0.25) is 0 Å². The quantitative estimate of drug-likeness (QED) is 0.122. The van der Waals surface area contributed by atoms with Crippen LogP contribution in [0.2, 0.25) is 0 Å². The molecule has 0 amide bonds. The molecule has 0 spiro atoms. The second kappa shape index (κ2) is 12.7. The average Bonchev–Trinajstić information content (AvgIpc) is 3.75. The number of para-hydroxylation sites is 1. The lowest BCUT2D eigenvalue weighted by Crippen LogP contribution is -1.97. The summed E-state index contributed by atoms with van der Waals surface area (Å²) in [5.41, 5.74) is 16.8. The van der Waals surface area contributed by atoms with Crippen molar-refractivity contribution in [3.8, 4) is 33.4 Å². The fourth-order valence-corrected chi connectivity index (χ4v) is 8.45. The molecule has 0 N–H and O–H groups in total. The van der Waals surface area contributed by atoms with Gasteiger partial charge in [0.05, 0.1) is 0 Å². The summed E-state index contributed by atoms with van der Waals surface area (Å²) in [6.45, 7) is 12.6. The zero-order valence-corrected chi connectivity index (χ0v) is 29.5. The summed E-state index contributed by atoms with van der Waals surface area (Å²) in [7, 11) is 0. The summed E-state index contributed by atoms with van der Waals surface area (Å²) in [5.74, 6) is 0. The fraction of sp³-hybridized carbons (Fsp3) is 0.0588. The van der Waals surface area contributed by atoms with Crippen molar-refractivity contribution >= 4 is 49.1 Å². The molecule has 8 aromatic rings. The molecule has 0 bridgehead atoms. The van der Waals surface area contributed by atoms with Crippen molar-refractivity contribution < 1.29 is 4.42 Å². The molecule has 9 rings (SSSR count). The van der Waals surface area contributed by atoms with Crippen LogP contribution >= 0.6 is 0 Å². The van der Waals surface area contributed by atoms with Crippen molar-refractivity contribution in [1.29, 1.82) is 0 Å². The number of hydrogen-bond acceptors (Lipinski definition) is 1. The topological polar surface area (TPSA) is 13.1 Å². The maximum Gasteiger partial charge on any atom is 0.136 e. The van der Waals surface area contributed by atoms with Crippen LogP contribution in [-0.4, -0.2) is 0 Å². The molecule has 1 aliphatic rings. The lowest BCUT2D eigenvalue weighted by Gasteiger charge is -2.21. The molecule has 0 fully saturated rings. The van der Waals surface area contributed by atoms with Crippen LogP contribution < -0.4 is 0 Å². The highest BCUT2D eigenvalue weighted by atomic mass is 16.3. The van der Waals surface area contributed by atoms with Crippen LogP contribution in [-0.2, 0) is 6.42 Å². The highest BCUT2D eigenvalue weighted by Gasteiger charge is 2.24. The van der Waals surface area contributed by atoms with E-state index in [1.54, 1.807) is 0 Å². The molecule has 0 saturated carbocycles. The number of allylic oxidation sites excluding steroid dienone is 8. The van der Waals surface area contributed by atoms with E-state index in [1.165, 1.54) is 71.6 Å². The molecule has 1 nitrogen and oxygen atoms in total. The standard InChI is InChI=1S/C51H38O/c1-5-7-19-35(32(3)4)39(16-6-2)50-42-25-13-22-37(40-24-12-18-34-30-33-17-8-9-20-36(33)49(34)40)45(42)31-46-38(23-14-26-43(46)50)41-27-15-29-48-51(41)44-21-10-11-28-47(44)52-48/h5-29,31H,1-2,30H2,3-4H3/b19-7-,39-16+. The Balaban J connectivity index is 1.44. The van der Waals surface area contributed by atoms with Gasteiger partial charge >= 0.3 is 0 Å². The van der Waals surface area contributed by atoms with Crippen molar-refractivity contribution in [3.05, 3.63) is 199 Å². The van der Waals surface area contributed by atoms with E-state index >= 15 is 0 Å². The van der Waals surface area contributed by atoms with Gasteiger partial charge in [-0.2, -0.15) is 0 Å². The molecule has 0 saturated heterocycles. The van der Waals surface area contributed by atoms with Crippen LogP contribution in [0.1, 0.15) is 30.5 Å². The molecule has 7 aromatic carbocycles. The first kappa shape index (κ1) is 31.5. The second-order valence-corrected chi connectivity index (χ2v) is 13.8. The molecule has 1 aliphatic carbocycles. The Bertz CT molecular complexity index is 2860. The van der Waals surface area contributed by atoms with Crippen LogP contribution in [0.15, 0.2) is 186 Å². The van der Waals surface area contributed by atoms with Gasteiger partial charge in [0, 0.05) is 10.8 Å². The van der Waals surface area contributed by atoms with Crippen LogP contribution in [0.3, 0.4) is 0 Å². The Morgan fingerprint density at radius 3 is 1.92 bits per heavy atom. The Morgan fingerprint density at radius 1 is 0.558 bits per heavy atom. The third-order valence-electron chi connectivity index (χ3n) is 10.6. The van der Waals surface area contributed by atoms with Crippen molar-refractivity contribution in [1.82, 2.24) is 0 Å². The van der Waals surface area contributed by atoms with Crippen molar-refractivity contribution in [2.75, 3.05) is 0 Å². The first-order valence-electron chi connectivity index (χ1n) is 18.0. The Hall–Kier alpha value is -6.44. The summed E-state index contributed by atoms with van der Waals surface area (Å²) < 4.78 is 6.39. The molecule has 1 aromatic heterocycles. The number of benzene rings is 7. The lowest BCUT2D eigenvalue weighted by molar-refractivity contribution is 0.669. The Labute approximate surface area is 304 Å². The Kier molecular flexibility index (Phi) is 7.71. The van der Waals surface area contributed by atoms with Gasteiger partial charge in [-0.05, 0) is 121 Å². The minimum atomic E-state index is 0.893. The molecule has 248 valence electrons. The third-order valence-corrected chi connectivity index (χ3v) is 10.6. The largest absolute Gasteiger partial charge is 0.456 e. The smallest absolute Gasteiger partial charge is 0.136 e. The normalized spacial score (nSPS) is 12.5.